The minimum absolute atomic E-state index is 0.132. The molecule has 1 atom stereocenters. The van der Waals surface area contributed by atoms with E-state index < -0.39 is 0 Å². The van der Waals surface area contributed by atoms with Gasteiger partial charge in [0.25, 0.3) is 0 Å². The van der Waals surface area contributed by atoms with Crippen LogP contribution in [0.4, 0.5) is 0 Å². The average Bonchev–Trinajstić information content (AvgIpc) is 3.45. The van der Waals surface area contributed by atoms with Crippen molar-refractivity contribution < 1.29 is 8.83 Å². The van der Waals surface area contributed by atoms with Crippen LogP contribution in [0.2, 0.25) is 0 Å². The van der Waals surface area contributed by atoms with E-state index in [4.69, 9.17) is 8.83 Å². The van der Waals surface area contributed by atoms with Gasteiger partial charge in [0.1, 0.15) is 0 Å². The van der Waals surface area contributed by atoms with E-state index in [1.165, 1.54) is 11.1 Å². The highest BCUT2D eigenvalue weighted by Crippen LogP contribution is 2.30. The van der Waals surface area contributed by atoms with E-state index in [0.29, 0.717) is 23.6 Å². The summed E-state index contributed by atoms with van der Waals surface area (Å²) < 4.78 is 11.8. The molecule has 6 nitrogen and oxygen atoms in total. The first-order valence-electron chi connectivity index (χ1n) is 9.85. The van der Waals surface area contributed by atoms with Crippen LogP contribution in [-0.2, 0) is 0 Å². The van der Waals surface area contributed by atoms with Gasteiger partial charge in [-0.3, -0.25) is 0 Å². The van der Waals surface area contributed by atoms with Crippen LogP contribution in [0.5, 0.6) is 0 Å². The fraction of sp³-hybridized carbons (Fsp3) is 0.167. The Kier molecular flexibility index (Phi) is 4.59. The maximum absolute atomic E-state index is 5.91. The van der Waals surface area contributed by atoms with Crippen molar-refractivity contribution in [3.05, 3.63) is 83.8 Å². The molecule has 1 aliphatic carbocycles. The van der Waals surface area contributed by atoms with Gasteiger partial charge in [0.05, 0.1) is 5.92 Å². The molecule has 5 rings (SSSR count). The number of benzene rings is 2. The molecule has 0 saturated carbocycles. The third-order valence-electron chi connectivity index (χ3n) is 5.15. The smallest absolute Gasteiger partial charge is 0.248 e. The minimum Gasteiger partial charge on any atom is -0.420 e. The predicted molar refractivity (Wildman–Crippen MR) is 113 cm³/mol. The van der Waals surface area contributed by atoms with Crippen LogP contribution in [0, 0.1) is 6.92 Å². The van der Waals surface area contributed by atoms with Gasteiger partial charge in [0.15, 0.2) is 0 Å². The number of nitrogens with zero attached hydrogens (tertiary/aromatic N) is 4. The first kappa shape index (κ1) is 18.2. The predicted octanol–water partition coefficient (Wildman–Crippen LogP) is 5.75. The van der Waals surface area contributed by atoms with E-state index in [1.54, 1.807) is 0 Å². The quantitative estimate of drug-likeness (QED) is 0.437. The largest absolute Gasteiger partial charge is 0.420 e. The van der Waals surface area contributed by atoms with Crippen LogP contribution in [0.15, 0.2) is 81.2 Å². The Balaban J connectivity index is 1.34. The third-order valence-corrected chi connectivity index (χ3v) is 5.15. The number of aryl methyl sites for hydroxylation is 1. The van der Waals surface area contributed by atoms with Gasteiger partial charge >= 0.3 is 0 Å². The number of hydrogen-bond acceptors (Lipinski definition) is 6. The molecule has 0 N–H and O–H groups in total. The fourth-order valence-corrected chi connectivity index (χ4v) is 3.32. The first-order valence-corrected chi connectivity index (χ1v) is 9.85. The summed E-state index contributed by atoms with van der Waals surface area (Å²) >= 11 is 0. The van der Waals surface area contributed by atoms with Gasteiger partial charge in [-0.05, 0) is 56.7 Å². The molecule has 4 aromatic rings. The van der Waals surface area contributed by atoms with Crippen molar-refractivity contribution in [2.24, 2.45) is 0 Å². The van der Waals surface area contributed by atoms with Crippen LogP contribution in [0.1, 0.15) is 30.7 Å². The Morgan fingerprint density at radius 3 is 1.80 bits per heavy atom. The second-order valence-corrected chi connectivity index (χ2v) is 7.45. The molecule has 6 heteroatoms. The van der Waals surface area contributed by atoms with Crippen LogP contribution < -0.4 is 0 Å². The summed E-state index contributed by atoms with van der Waals surface area (Å²) in [5.74, 6) is 2.24. The number of rotatable bonds is 4. The van der Waals surface area contributed by atoms with Crippen LogP contribution in [-0.4, -0.2) is 20.4 Å². The van der Waals surface area contributed by atoms with Crippen molar-refractivity contribution in [2.45, 2.75) is 26.2 Å². The molecule has 2 aromatic carbocycles. The maximum Gasteiger partial charge on any atom is 0.248 e. The highest BCUT2D eigenvalue weighted by atomic mass is 16.4. The molecule has 148 valence electrons. The van der Waals surface area contributed by atoms with Gasteiger partial charge in [0.2, 0.25) is 23.6 Å². The van der Waals surface area contributed by atoms with Crippen molar-refractivity contribution in [3.8, 4) is 34.4 Å². The number of aromatic nitrogens is 4. The van der Waals surface area contributed by atoms with Gasteiger partial charge in [-0.15, -0.1) is 20.4 Å². The maximum atomic E-state index is 5.91. The van der Waals surface area contributed by atoms with Gasteiger partial charge < -0.3 is 8.83 Å². The zero-order chi connectivity index (χ0) is 20.5. The second kappa shape index (κ2) is 7.55. The normalized spacial score (nSPS) is 15.9. The third kappa shape index (κ3) is 3.59. The van der Waals surface area contributed by atoms with Crippen molar-refractivity contribution in [2.75, 3.05) is 0 Å². The molecule has 30 heavy (non-hydrogen) atoms. The van der Waals surface area contributed by atoms with Crippen molar-refractivity contribution in [1.29, 1.82) is 0 Å². The molecular formula is C24H20N4O2. The summed E-state index contributed by atoms with van der Waals surface area (Å²) in [7, 11) is 0. The lowest BCUT2D eigenvalue weighted by molar-refractivity contribution is 0.483. The summed E-state index contributed by atoms with van der Waals surface area (Å²) in [6.45, 7) is 4.13. The first-order chi connectivity index (χ1) is 14.7. The highest BCUT2D eigenvalue weighted by molar-refractivity contribution is 5.62. The molecule has 0 amide bonds. The summed E-state index contributed by atoms with van der Waals surface area (Å²) in [4.78, 5) is 0. The van der Waals surface area contributed by atoms with Crippen LogP contribution in [0.25, 0.3) is 34.4 Å². The molecule has 1 aliphatic rings. The molecule has 2 heterocycles. The Hall–Kier alpha value is -3.80. The summed E-state index contributed by atoms with van der Waals surface area (Å²) in [6.07, 6.45) is 7.25. The zero-order valence-corrected chi connectivity index (χ0v) is 16.7. The Morgan fingerprint density at radius 1 is 0.700 bits per heavy atom. The van der Waals surface area contributed by atoms with E-state index in [0.717, 1.165) is 23.1 Å². The standard InChI is InChI=1S/C24H20N4O2/c1-15-3-7-17(8-4-15)21-25-27-23(29-21)19-11-13-20(14-12-19)24-28-26-22(30-24)18-9-5-16(2)6-10-18/h3-9,11-14,18H,10H2,1-2H3. The average molecular weight is 396 g/mol. The second-order valence-electron chi connectivity index (χ2n) is 7.45. The topological polar surface area (TPSA) is 77.8 Å². The van der Waals surface area contributed by atoms with Gasteiger partial charge in [0, 0.05) is 16.7 Å². The molecular weight excluding hydrogens is 376 g/mol. The lowest BCUT2D eigenvalue weighted by Crippen LogP contribution is -1.97. The molecule has 0 fully saturated rings. The summed E-state index contributed by atoms with van der Waals surface area (Å²) in [5, 5.41) is 16.8. The summed E-state index contributed by atoms with van der Waals surface area (Å²) in [6, 6.07) is 15.7. The molecule has 1 unspecified atom stereocenters. The summed E-state index contributed by atoms with van der Waals surface area (Å²) in [5.41, 5.74) is 5.02. The molecule has 0 radical (unpaired) electrons. The SMILES string of the molecule is CC1=CCC(c2nnc(-c3ccc(-c4nnc(-c5ccc(C)cc5)o4)cc3)o2)C=C1. The zero-order valence-electron chi connectivity index (χ0n) is 16.7. The van der Waals surface area contributed by atoms with Gasteiger partial charge in [-0.2, -0.15) is 0 Å². The Morgan fingerprint density at radius 2 is 1.23 bits per heavy atom. The molecule has 0 spiro atoms. The van der Waals surface area contributed by atoms with Crippen LogP contribution >= 0.6 is 0 Å². The van der Waals surface area contributed by atoms with E-state index >= 15 is 0 Å². The fourth-order valence-electron chi connectivity index (χ4n) is 3.32. The molecule has 2 aromatic heterocycles. The number of hydrogen-bond donors (Lipinski definition) is 0. The molecule has 0 aliphatic heterocycles. The van der Waals surface area contributed by atoms with Crippen LogP contribution in [0.3, 0.4) is 0 Å². The van der Waals surface area contributed by atoms with Gasteiger partial charge in [-0.25, -0.2) is 0 Å². The molecule has 0 bridgehead atoms. The van der Waals surface area contributed by atoms with Crippen molar-refractivity contribution in [1.82, 2.24) is 20.4 Å². The number of allylic oxidation sites excluding steroid dienone is 4. The monoisotopic (exact) mass is 396 g/mol. The Bertz CT molecular complexity index is 1230. The Labute approximate surface area is 174 Å². The highest BCUT2D eigenvalue weighted by Gasteiger charge is 2.18. The van der Waals surface area contributed by atoms with E-state index in [2.05, 4.69) is 45.5 Å². The van der Waals surface area contributed by atoms with E-state index in [9.17, 15) is 0 Å². The minimum atomic E-state index is 0.132. The van der Waals surface area contributed by atoms with Crippen molar-refractivity contribution >= 4 is 0 Å². The lowest BCUT2D eigenvalue weighted by atomic mass is 9.97. The van der Waals surface area contributed by atoms with E-state index in [1.807, 2.05) is 55.5 Å². The van der Waals surface area contributed by atoms with E-state index in [-0.39, 0.29) is 5.92 Å². The van der Waals surface area contributed by atoms with Gasteiger partial charge in [-0.1, -0.05) is 41.5 Å². The lowest BCUT2D eigenvalue weighted by Gasteiger charge is -2.09. The van der Waals surface area contributed by atoms with Crippen molar-refractivity contribution in [3.63, 3.8) is 0 Å². The molecule has 0 saturated heterocycles.